The van der Waals surface area contributed by atoms with Crippen LogP contribution in [-0.4, -0.2) is 55.7 Å². The molecule has 7 heteroatoms. The molecule has 1 aromatic heterocycles. The quantitative estimate of drug-likeness (QED) is 0.767. The zero-order valence-corrected chi connectivity index (χ0v) is 11.4. The zero-order chi connectivity index (χ0) is 19.0. The number of hydrogen-bond acceptors (Lipinski definition) is 6. The average Bonchev–Trinajstić information content (AvgIpc) is 2.84. The van der Waals surface area contributed by atoms with Crippen molar-refractivity contribution in [1.29, 1.82) is 0 Å². The Morgan fingerprint density at radius 3 is 2.90 bits per heavy atom. The summed E-state index contributed by atoms with van der Waals surface area (Å²) in [5.41, 5.74) is -0.211. The van der Waals surface area contributed by atoms with Crippen LogP contribution in [-0.2, 0) is 18.9 Å². The van der Waals surface area contributed by atoms with Crippen molar-refractivity contribution >= 4 is 0 Å². The van der Waals surface area contributed by atoms with Gasteiger partial charge >= 0.3 is 5.69 Å². The van der Waals surface area contributed by atoms with Crippen molar-refractivity contribution in [2.75, 3.05) is 27.8 Å². The summed E-state index contributed by atoms with van der Waals surface area (Å²) in [6.07, 6.45) is -3.61. The molecular weight excluding hydrogens is 264 g/mol. The number of nitrogens with zero attached hydrogens (tertiary/aromatic N) is 2. The summed E-state index contributed by atoms with van der Waals surface area (Å²) in [5, 5.41) is 0. The van der Waals surface area contributed by atoms with Crippen molar-refractivity contribution in [3.05, 3.63) is 28.4 Å². The minimum atomic E-state index is -2.81. The number of aromatic nitrogens is 2. The fraction of sp³-hybridized carbons (Fsp3) is 0.692. The average molecular weight is 289 g/mol. The topological polar surface area (TPSA) is 71.8 Å². The number of hydrogen-bond donors (Lipinski definition) is 0. The van der Waals surface area contributed by atoms with Gasteiger partial charge in [0.25, 0.3) is 0 Å². The van der Waals surface area contributed by atoms with Crippen molar-refractivity contribution < 1.29 is 25.8 Å². The molecule has 1 aliphatic rings. The SMILES string of the molecule is [2H]C([2H])([2H])O[C@@H]1[C@H](OC)[C@@H](C([2H])([2H])OC)O[C@H]1n1ccc(C)nc1=O. The molecule has 0 saturated carbocycles. The molecule has 0 aliphatic carbocycles. The van der Waals surface area contributed by atoms with Gasteiger partial charge in [0, 0.05) is 33.1 Å². The van der Waals surface area contributed by atoms with Gasteiger partial charge in [-0.25, -0.2) is 4.79 Å². The zero-order valence-electron chi connectivity index (χ0n) is 16.4. The molecule has 7 nitrogen and oxygen atoms in total. The standard InChI is InChI=1S/C13H20N2O5/c1-8-5-6-15(13(16)14-8)12-11(19-4)10(18-3)9(20-12)7-17-2/h5-6,9-12H,7H2,1-4H3/t9-,10-,11-,12-/m1/s1/i4D3,7D2. The van der Waals surface area contributed by atoms with Crippen LogP contribution < -0.4 is 5.69 Å². The lowest BCUT2D eigenvalue weighted by atomic mass is 10.1. The summed E-state index contributed by atoms with van der Waals surface area (Å²) < 4.78 is 59.6. The molecule has 1 fully saturated rings. The molecule has 0 radical (unpaired) electrons. The van der Waals surface area contributed by atoms with Gasteiger partial charge in [-0.2, -0.15) is 4.98 Å². The van der Waals surface area contributed by atoms with E-state index in [-0.39, 0.29) is 0 Å². The first-order chi connectivity index (χ1) is 11.5. The lowest BCUT2D eigenvalue weighted by Crippen LogP contribution is -2.38. The van der Waals surface area contributed by atoms with Crippen LogP contribution in [0.15, 0.2) is 17.1 Å². The molecule has 2 rings (SSSR count). The minimum absolute atomic E-state index is 0.472. The molecule has 4 atom stereocenters. The van der Waals surface area contributed by atoms with E-state index in [9.17, 15) is 4.79 Å². The summed E-state index contributed by atoms with van der Waals surface area (Å²) in [4.78, 5) is 15.9. The maximum absolute atomic E-state index is 12.2. The minimum Gasteiger partial charge on any atom is -0.382 e. The predicted molar refractivity (Wildman–Crippen MR) is 70.6 cm³/mol. The second-order valence-electron chi connectivity index (χ2n) is 4.31. The van der Waals surface area contributed by atoms with E-state index in [1.54, 1.807) is 6.92 Å². The van der Waals surface area contributed by atoms with Gasteiger partial charge in [0.05, 0.1) is 13.4 Å². The van der Waals surface area contributed by atoms with Gasteiger partial charge in [-0.15, -0.1) is 0 Å². The van der Waals surface area contributed by atoms with Crippen LogP contribution in [0.2, 0.25) is 0 Å². The third kappa shape index (κ3) is 2.76. The van der Waals surface area contributed by atoms with Gasteiger partial charge in [0.15, 0.2) is 6.23 Å². The summed E-state index contributed by atoms with van der Waals surface area (Å²) in [6.45, 7) is -0.671. The fourth-order valence-electron chi connectivity index (χ4n) is 2.15. The fourth-order valence-corrected chi connectivity index (χ4v) is 2.15. The molecule has 2 heterocycles. The van der Waals surface area contributed by atoms with Crippen molar-refractivity contribution in [2.24, 2.45) is 0 Å². The van der Waals surface area contributed by atoms with Gasteiger partial charge in [-0.05, 0) is 13.0 Å². The summed E-state index contributed by atoms with van der Waals surface area (Å²) in [7, 11) is -0.400. The van der Waals surface area contributed by atoms with Crippen molar-refractivity contribution in [3.63, 3.8) is 0 Å². The largest absolute Gasteiger partial charge is 0.382 e. The third-order valence-electron chi connectivity index (χ3n) is 3.07. The summed E-state index contributed by atoms with van der Waals surface area (Å²) >= 11 is 0. The van der Waals surface area contributed by atoms with Gasteiger partial charge in [0.1, 0.15) is 18.3 Å². The summed E-state index contributed by atoms with van der Waals surface area (Å²) in [6, 6.07) is 1.54. The Hall–Kier alpha value is -1.28. The van der Waals surface area contributed by atoms with Crippen molar-refractivity contribution in [3.8, 4) is 0 Å². The third-order valence-corrected chi connectivity index (χ3v) is 3.07. The lowest BCUT2D eigenvalue weighted by molar-refractivity contribution is -0.0672. The Morgan fingerprint density at radius 1 is 1.50 bits per heavy atom. The van der Waals surface area contributed by atoms with E-state index in [0.29, 0.717) is 5.69 Å². The Balaban J connectivity index is 2.49. The number of aryl methyl sites for hydroxylation is 1. The lowest BCUT2D eigenvalue weighted by Gasteiger charge is -2.22. The molecule has 0 aromatic carbocycles. The highest BCUT2D eigenvalue weighted by molar-refractivity contribution is 4.99. The van der Waals surface area contributed by atoms with Gasteiger partial charge in [-0.3, -0.25) is 4.57 Å². The van der Waals surface area contributed by atoms with E-state index in [1.165, 1.54) is 19.4 Å². The van der Waals surface area contributed by atoms with E-state index >= 15 is 0 Å². The molecule has 1 aliphatic heterocycles. The highest BCUT2D eigenvalue weighted by Gasteiger charge is 2.46. The number of rotatable bonds is 5. The van der Waals surface area contributed by atoms with E-state index < -0.39 is 43.8 Å². The molecule has 1 saturated heterocycles. The smallest absolute Gasteiger partial charge is 0.349 e. The van der Waals surface area contributed by atoms with Crippen LogP contribution in [0.4, 0.5) is 0 Å². The molecule has 0 unspecified atom stereocenters. The number of ether oxygens (including phenoxy) is 4. The van der Waals surface area contributed by atoms with E-state index in [0.717, 1.165) is 11.7 Å². The van der Waals surface area contributed by atoms with Gasteiger partial charge in [-0.1, -0.05) is 0 Å². The molecule has 1 aromatic rings. The Kier molecular flexibility index (Phi) is 3.10. The predicted octanol–water partition coefficient (Wildman–Crippen LogP) is 0.126. The van der Waals surface area contributed by atoms with Crippen LogP contribution in [0.3, 0.4) is 0 Å². The molecule has 0 N–H and O–H groups in total. The monoisotopic (exact) mass is 289 g/mol. The Bertz CT molecular complexity index is 665. The maximum Gasteiger partial charge on any atom is 0.349 e. The first kappa shape index (κ1) is 9.62. The molecular formula is C13H20N2O5. The van der Waals surface area contributed by atoms with E-state index in [4.69, 9.17) is 25.8 Å². The van der Waals surface area contributed by atoms with E-state index in [1.807, 2.05) is 0 Å². The Morgan fingerprint density at radius 2 is 2.30 bits per heavy atom. The normalized spacial score (nSPS) is 34.9. The van der Waals surface area contributed by atoms with Crippen LogP contribution in [0.25, 0.3) is 0 Å². The van der Waals surface area contributed by atoms with Crippen LogP contribution in [0.5, 0.6) is 0 Å². The maximum atomic E-state index is 12.2. The molecule has 0 amide bonds. The number of methoxy groups -OCH3 is 3. The van der Waals surface area contributed by atoms with Crippen LogP contribution in [0.1, 0.15) is 18.8 Å². The first-order valence-electron chi connectivity index (χ1n) is 8.47. The molecule has 112 valence electrons. The highest BCUT2D eigenvalue weighted by atomic mass is 16.6. The van der Waals surface area contributed by atoms with E-state index in [2.05, 4.69) is 4.98 Å². The van der Waals surface area contributed by atoms with Gasteiger partial charge < -0.3 is 18.9 Å². The highest BCUT2D eigenvalue weighted by Crippen LogP contribution is 2.32. The Labute approximate surface area is 124 Å². The second-order valence-corrected chi connectivity index (χ2v) is 4.31. The molecule has 0 bridgehead atoms. The second kappa shape index (κ2) is 6.45. The van der Waals surface area contributed by atoms with Crippen LogP contribution >= 0.6 is 0 Å². The van der Waals surface area contributed by atoms with Gasteiger partial charge in [0.2, 0.25) is 0 Å². The van der Waals surface area contributed by atoms with Crippen molar-refractivity contribution in [2.45, 2.75) is 31.5 Å². The molecule has 20 heavy (non-hydrogen) atoms. The first-order valence-corrected chi connectivity index (χ1v) is 5.97. The van der Waals surface area contributed by atoms with Crippen molar-refractivity contribution in [1.82, 2.24) is 9.55 Å². The van der Waals surface area contributed by atoms with Crippen LogP contribution in [0, 0.1) is 6.92 Å². The summed E-state index contributed by atoms with van der Waals surface area (Å²) in [5.74, 6) is 0. The molecule has 0 spiro atoms.